The van der Waals surface area contributed by atoms with Crippen molar-refractivity contribution < 1.29 is 4.39 Å². The van der Waals surface area contributed by atoms with Gasteiger partial charge in [-0.15, -0.1) is 0 Å². The van der Waals surface area contributed by atoms with E-state index in [1.54, 1.807) is 18.3 Å². The zero-order chi connectivity index (χ0) is 12.3. The van der Waals surface area contributed by atoms with Crippen molar-refractivity contribution in [2.24, 2.45) is 5.73 Å². The molecule has 0 aliphatic rings. The third-order valence-corrected chi connectivity index (χ3v) is 2.69. The zero-order valence-electron chi connectivity index (χ0n) is 9.73. The van der Waals surface area contributed by atoms with Crippen molar-refractivity contribution in [3.63, 3.8) is 0 Å². The number of aryl methyl sites for hydroxylation is 1. The number of nitrogens with zero attached hydrogens (tertiary/aromatic N) is 1. The minimum Gasteiger partial charge on any atom is -0.322 e. The van der Waals surface area contributed by atoms with Gasteiger partial charge in [0.15, 0.2) is 0 Å². The van der Waals surface area contributed by atoms with Crippen LogP contribution in [-0.2, 0) is 6.42 Å². The van der Waals surface area contributed by atoms with E-state index >= 15 is 0 Å². The normalized spacial score (nSPS) is 12.4. The summed E-state index contributed by atoms with van der Waals surface area (Å²) in [4.78, 5) is 4.25. The van der Waals surface area contributed by atoms with E-state index in [-0.39, 0.29) is 11.9 Å². The molecule has 0 spiro atoms. The fraction of sp³-hybridized carbons (Fsp3) is 0.214. The first kappa shape index (κ1) is 11.7. The summed E-state index contributed by atoms with van der Waals surface area (Å²) in [7, 11) is 0. The van der Waals surface area contributed by atoms with Crippen LogP contribution >= 0.6 is 0 Å². The van der Waals surface area contributed by atoms with Crippen molar-refractivity contribution >= 4 is 0 Å². The molecule has 0 aliphatic carbocycles. The number of halogens is 1. The minimum atomic E-state index is -0.226. The van der Waals surface area contributed by atoms with Crippen LogP contribution in [-0.4, -0.2) is 4.98 Å². The van der Waals surface area contributed by atoms with Crippen LogP contribution < -0.4 is 5.73 Å². The standard InChI is InChI=1S/C14H15FN2/c1-10-6-7-17-14(8-10)13(16)9-11-2-4-12(15)5-3-11/h2-8,13H,9,16H2,1H3. The monoisotopic (exact) mass is 230 g/mol. The quantitative estimate of drug-likeness (QED) is 0.880. The predicted molar refractivity (Wildman–Crippen MR) is 66.0 cm³/mol. The summed E-state index contributed by atoms with van der Waals surface area (Å²) in [5.41, 5.74) is 9.11. The van der Waals surface area contributed by atoms with Gasteiger partial charge in [0.05, 0.1) is 11.7 Å². The third kappa shape index (κ3) is 3.11. The van der Waals surface area contributed by atoms with Crippen LogP contribution in [0, 0.1) is 12.7 Å². The molecule has 1 aromatic carbocycles. The molecule has 0 fully saturated rings. The van der Waals surface area contributed by atoms with Gasteiger partial charge >= 0.3 is 0 Å². The average molecular weight is 230 g/mol. The lowest BCUT2D eigenvalue weighted by molar-refractivity contribution is 0.625. The van der Waals surface area contributed by atoms with Gasteiger partial charge in [0.25, 0.3) is 0 Å². The highest BCUT2D eigenvalue weighted by Crippen LogP contribution is 2.15. The second kappa shape index (κ2) is 5.06. The van der Waals surface area contributed by atoms with Gasteiger partial charge in [-0.2, -0.15) is 0 Å². The second-order valence-corrected chi connectivity index (χ2v) is 4.20. The molecule has 88 valence electrons. The molecule has 3 heteroatoms. The highest BCUT2D eigenvalue weighted by Gasteiger charge is 2.08. The highest BCUT2D eigenvalue weighted by atomic mass is 19.1. The Bertz CT molecular complexity index is 494. The molecule has 17 heavy (non-hydrogen) atoms. The summed E-state index contributed by atoms with van der Waals surface area (Å²) in [5, 5.41) is 0. The largest absolute Gasteiger partial charge is 0.322 e. The Hall–Kier alpha value is -1.74. The fourth-order valence-corrected chi connectivity index (χ4v) is 1.74. The van der Waals surface area contributed by atoms with Crippen LogP contribution in [0.4, 0.5) is 4.39 Å². The number of rotatable bonds is 3. The number of benzene rings is 1. The lowest BCUT2D eigenvalue weighted by atomic mass is 10.0. The van der Waals surface area contributed by atoms with Gasteiger partial charge in [0.1, 0.15) is 5.82 Å². The van der Waals surface area contributed by atoms with Crippen molar-refractivity contribution in [2.45, 2.75) is 19.4 Å². The van der Waals surface area contributed by atoms with Crippen LogP contribution in [0.2, 0.25) is 0 Å². The minimum absolute atomic E-state index is 0.152. The molecule has 1 atom stereocenters. The zero-order valence-corrected chi connectivity index (χ0v) is 9.73. The smallest absolute Gasteiger partial charge is 0.123 e. The first-order valence-electron chi connectivity index (χ1n) is 5.58. The van der Waals surface area contributed by atoms with Crippen molar-refractivity contribution in [2.75, 3.05) is 0 Å². The Balaban J connectivity index is 2.11. The molecule has 0 saturated carbocycles. The van der Waals surface area contributed by atoms with Gasteiger partial charge in [-0.3, -0.25) is 4.98 Å². The van der Waals surface area contributed by atoms with Crippen molar-refractivity contribution in [3.8, 4) is 0 Å². The number of hydrogen-bond donors (Lipinski definition) is 1. The summed E-state index contributed by atoms with van der Waals surface area (Å²) in [6, 6.07) is 10.2. The molecule has 0 amide bonds. The van der Waals surface area contributed by atoms with Crippen molar-refractivity contribution in [1.29, 1.82) is 0 Å². The number of nitrogens with two attached hydrogens (primary N) is 1. The molecule has 2 aromatic rings. The Morgan fingerprint density at radius 3 is 2.59 bits per heavy atom. The van der Waals surface area contributed by atoms with E-state index in [9.17, 15) is 4.39 Å². The van der Waals surface area contributed by atoms with E-state index in [1.165, 1.54) is 12.1 Å². The molecule has 0 aliphatic heterocycles. The molecular formula is C14H15FN2. The topological polar surface area (TPSA) is 38.9 Å². The number of hydrogen-bond acceptors (Lipinski definition) is 2. The summed E-state index contributed by atoms with van der Waals surface area (Å²) >= 11 is 0. The van der Waals surface area contributed by atoms with Gasteiger partial charge in [-0.1, -0.05) is 12.1 Å². The maximum Gasteiger partial charge on any atom is 0.123 e. The molecule has 2 nitrogen and oxygen atoms in total. The Morgan fingerprint density at radius 1 is 1.24 bits per heavy atom. The van der Waals surface area contributed by atoms with Crippen LogP contribution in [0.3, 0.4) is 0 Å². The molecule has 1 unspecified atom stereocenters. The average Bonchev–Trinajstić information content (AvgIpc) is 2.32. The first-order chi connectivity index (χ1) is 8.15. The van der Waals surface area contributed by atoms with E-state index in [2.05, 4.69) is 4.98 Å². The van der Waals surface area contributed by atoms with Crippen LogP contribution in [0.1, 0.15) is 22.9 Å². The molecule has 0 radical (unpaired) electrons. The number of pyridine rings is 1. The lowest BCUT2D eigenvalue weighted by Crippen LogP contribution is -2.15. The van der Waals surface area contributed by atoms with E-state index in [0.717, 1.165) is 16.8 Å². The predicted octanol–water partition coefficient (Wildman–Crippen LogP) is 2.77. The Kier molecular flexibility index (Phi) is 3.49. The van der Waals surface area contributed by atoms with Gasteiger partial charge in [0.2, 0.25) is 0 Å². The van der Waals surface area contributed by atoms with E-state index < -0.39 is 0 Å². The van der Waals surface area contributed by atoms with Gasteiger partial charge in [-0.25, -0.2) is 4.39 Å². The summed E-state index contributed by atoms with van der Waals surface area (Å²) < 4.78 is 12.8. The van der Waals surface area contributed by atoms with Crippen molar-refractivity contribution in [1.82, 2.24) is 4.98 Å². The summed E-state index contributed by atoms with van der Waals surface area (Å²) in [6.45, 7) is 2.01. The SMILES string of the molecule is Cc1ccnc(C(N)Cc2ccc(F)cc2)c1. The molecule has 2 N–H and O–H groups in total. The van der Waals surface area contributed by atoms with Gasteiger partial charge < -0.3 is 5.73 Å². The maximum absolute atomic E-state index is 12.8. The van der Waals surface area contributed by atoms with Crippen molar-refractivity contribution in [3.05, 3.63) is 65.2 Å². The Labute approximate surface area is 100 Å². The number of aromatic nitrogens is 1. The molecule has 2 rings (SSSR count). The summed E-state index contributed by atoms with van der Waals surface area (Å²) in [6.07, 6.45) is 2.42. The molecule has 0 saturated heterocycles. The molecule has 1 heterocycles. The highest BCUT2D eigenvalue weighted by molar-refractivity contribution is 5.22. The Morgan fingerprint density at radius 2 is 1.94 bits per heavy atom. The molecule has 1 aromatic heterocycles. The fourth-order valence-electron chi connectivity index (χ4n) is 1.74. The summed E-state index contributed by atoms with van der Waals surface area (Å²) in [5.74, 6) is -0.226. The molecular weight excluding hydrogens is 215 g/mol. The van der Waals surface area contributed by atoms with Crippen LogP contribution in [0.25, 0.3) is 0 Å². The van der Waals surface area contributed by atoms with Gasteiger partial charge in [0, 0.05) is 6.20 Å². The molecule has 0 bridgehead atoms. The van der Waals surface area contributed by atoms with E-state index in [0.29, 0.717) is 6.42 Å². The van der Waals surface area contributed by atoms with E-state index in [1.807, 2.05) is 19.1 Å². The second-order valence-electron chi connectivity index (χ2n) is 4.20. The first-order valence-corrected chi connectivity index (χ1v) is 5.58. The van der Waals surface area contributed by atoms with Gasteiger partial charge in [-0.05, 0) is 48.7 Å². The lowest BCUT2D eigenvalue weighted by Gasteiger charge is -2.11. The third-order valence-electron chi connectivity index (χ3n) is 2.69. The van der Waals surface area contributed by atoms with E-state index in [4.69, 9.17) is 5.73 Å². The van der Waals surface area contributed by atoms with Crippen LogP contribution in [0.15, 0.2) is 42.6 Å². The van der Waals surface area contributed by atoms with Crippen LogP contribution in [0.5, 0.6) is 0 Å². The maximum atomic E-state index is 12.8.